The molecular weight excluding hydrogens is 348 g/mol. The lowest BCUT2D eigenvalue weighted by molar-refractivity contribution is 0.486. The van der Waals surface area contributed by atoms with Crippen LogP contribution in [-0.4, -0.2) is 50.2 Å². The zero-order valence-corrected chi connectivity index (χ0v) is 16.1. The molecular formula is C19H23ClN6. The van der Waals surface area contributed by atoms with Gasteiger partial charge in [-0.1, -0.05) is 11.6 Å². The molecule has 26 heavy (non-hydrogen) atoms. The molecule has 1 aromatic carbocycles. The quantitative estimate of drug-likeness (QED) is 0.823. The van der Waals surface area contributed by atoms with Gasteiger partial charge < -0.3 is 14.7 Å². The normalized spacial score (nSPS) is 16.9. The van der Waals surface area contributed by atoms with Crippen LogP contribution in [0, 0.1) is 11.3 Å². The minimum Gasteiger partial charge on any atom is -0.368 e. The molecule has 6 nitrogen and oxygen atoms in total. The summed E-state index contributed by atoms with van der Waals surface area (Å²) in [6.45, 7) is 1.83. The van der Waals surface area contributed by atoms with Crippen LogP contribution in [0.4, 0.5) is 17.3 Å². The van der Waals surface area contributed by atoms with E-state index in [1.165, 1.54) is 0 Å². The summed E-state index contributed by atoms with van der Waals surface area (Å²) in [5.74, 6) is 1.81. The minimum atomic E-state index is 0.334. The van der Waals surface area contributed by atoms with Gasteiger partial charge in [0.2, 0.25) is 0 Å². The fraction of sp³-hybridized carbons (Fsp3) is 0.421. The largest absolute Gasteiger partial charge is 0.368 e. The molecule has 136 valence electrons. The Bertz CT molecular complexity index is 816. The second kappa shape index (κ2) is 7.79. The van der Waals surface area contributed by atoms with E-state index in [-0.39, 0.29) is 0 Å². The number of halogens is 1. The van der Waals surface area contributed by atoms with Gasteiger partial charge in [-0.2, -0.15) is 5.26 Å². The Morgan fingerprint density at radius 3 is 2.65 bits per heavy atom. The molecule has 1 aliphatic rings. The lowest BCUT2D eigenvalue weighted by atomic mass is 10.0. The van der Waals surface area contributed by atoms with E-state index in [4.69, 9.17) is 16.9 Å². The third-order valence-corrected chi connectivity index (χ3v) is 5.12. The minimum absolute atomic E-state index is 0.334. The highest BCUT2D eigenvalue weighted by atomic mass is 35.5. The average molecular weight is 371 g/mol. The van der Waals surface area contributed by atoms with Crippen molar-refractivity contribution in [2.75, 3.05) is 48.9 Å². The van der Waals surface area contributed by atoms with Crippen LogP contribution in [-0.2, 0) is 0 Å². The maximum atomic E-state index is 9.02. The van der Waals surface area contributed by atoms with E-state index in [0.717, 1.165) is 43.3 Å². The molecule has 0 saturated carbocycles. The smallest absolute Gasteiger partial charge is 0.134 e. The summed E-state index contributed by atoms with van der Waals surface area (Å²) in [6.07, 6.45) is 3.79. The highest BCUT2D eigenvalue weighted by Gasteiger charge is 2.25. The second-order valence-corrected chi connectivity index (χ2v) is 7.17. The maximum absolute atomic E-state index is 9.02. The number of likely N-dealkylation sites (N-methyl/N-ethyl adjacent to an activating group) is 1. The molecule has 1 atom stereocenters. The van der Waals surface area contributed by atoms with Crippen molar-refractivity contribution < 1.29 is 0 Å². The summed E-state index contributed by atoms with van der Waals surface area (Å²) in [5, 5.41) is 9.65. The van der Waals surface area contributed by atoms with Crippen molar-refractivity contribution in [2.24, 2.45) is 0 Å². The van der Waals surface area contributed by atoms with Gasteiger partial charge in [-0.3, -0.25) is 0 Å². The Morgan fingerprint density at radius 2 is 1.96 bits per heavy atom. The number of benzene rings is 1. The summed E-state index contributed by atoms with van der Waals surface area (Å²) < 4.78 is 0. The first-order chi connectivity index (χ1) is 12.5. The van der Waals surface area contributed by atoms with Gasteiger partial charge >= 0.3 is 0 Å². The van der Waals surface area contributed by atoms with Gasteiger partial charge in [0.25, 0.3) is 0 Å². The maximum Gasteiger partial charge on any atom is 0.134 e. The standard InChI is InChI=1S/C19H23ClN6/c1-24(2)18-10-19(23-13-22-18)25(3)15-5-4-8-26(12-15)17-7-6-14(11-21)9-16(17)20/h6-7,9-10,13,15H,4-5,8,12H2,1-3H3. The zero-order valence-electron chi connectivity index (χ0n) is 15.4. The van der Waals surface area contributed by atoms with Crippen LogP contribution in [0.25, 0.3) is 0 Å². The third-order valence-electron chi connectivity index (χ3n) is 4.82. The molecule has 0 aliphatic carbocycles. The van der Waals surface area contributed by atoms with Crippen molar-refractivity contribution >= 4 is 28.9 Å². The number of aromatic nitrogens is 2. The highest BCUT2D eigenvalue weighted by Crippen LogP contribution is 2.31. The van der Waals surface area contributed by atoms with Gasteiger partial charge in [-0.15, -0.1) is 0 Å². The first kappa shape index (κ1) is 18.3. The van der Waals surface area contributed by atoms with Crippen molar-refractivity contribution in [3.63, 3.8) is 0 Å². The highest BCUT2D eigenvalue weighted by molar-refractivity contribution is 6.33. The molecule has 0 amide bonds. The van der Waals surface area contributed by atoms with Crippen molar-refractivity contribution in [3.05, 3.63) is 41.2 Å². The van der Waals surface area contributed by atoms with Gasteiger partial charge in [0.05, 0.1) is 22.3 Å². The van der Waals surface area contributed by atoms with Crippen LogP contribution in [0.1, 0.15) is 18.4 Å². The molecule has 1 saturated heterocycles. The number of hydrogen-bond donors (Lipinski definition) is 0. The lowest BCUT2D eigenvalue weighted by Crippen LogP contribution is -2.47. The van der Waals surface area contributed by atoms with E-state index in [1.54, 1.807) is 12.4 Å². The second-order valence-electron chi connectivity index (χ2n) is 6.76. The Morgan fingerprint density at radius 1 is 1.19 bits per heavy atom. The van der Waals surface area contributed by atoms with E-state index < -0.39 is 0 Å². The topological polar surface area (TPSA) is 59.3 Å². The Labute approximate surface area is 159 Å². The predicted octanol–water partition coefficient (Wildman–Crippen LogP) is 3.17. The first-order valence-electron chi connectivity index (χ1n) is 8.66. The van der Waals surface area contributed by atoms with E-state index in [1.807, 2.05) is 37.2 Å². The number of anilines is 3. The van der Waals surface area contributed by atoms with Crippen molar-refractivity contribution in [1.29, 1.82) is 5.26 Å². The van der Waals surface area contributed by atoms with E-state index >= 15 is 0 Å². The molecule has 1 fully saturated rings. The van der Waals surface area contributed by atoms with Crippen molar-refractivity contribution in [1.82, 2.24) is 9.97 Å². The number of nitrogens with zero attached hydrogens (tertiary/aromatic N) is 6. The SMILES string of the molecule is CN(C)c1cc(N(C)C2CCCN(c3ccc(C#N)cc3Cl)C2)ncn1. The van der Waals surface area contributed by atoms with Crippen molar-refractivity contribution in [3.8, 4) is 6.07 Å². The van der Waals surface area contributed by atoms with Crippen LogP contribution < -0.4 is 14.7 Å². The van der Waals surface area contributed by atoms with Crippen LogP contribution in [0.15, 0.2) is 30.6 Å². The van der Waals surface area contributed by atoms with Crippen LogP contribution >= 0.6 is 11.6 Å². The monoisotopic (exact) mass is 370 g/mol. The molecule has 0 N–H and O–H groups in total. The molecule has 1 aromatic heterocycles. The molecule has 7 heteroatoms. The molecule has 2 aromatic rings. The Balaban J connectivity index is 1.78. The van der Waals surface area contributed by atoms with Crippen LogP contribution in [0.2, 0.25) is 5.02 Å². The van der Waals surface area contributed by atoms with E-state index in [0.29, 0.717) is 16.6 Å². The van der Waals surface area contributed by atoms with Gasteiger partial charge in [-0.05, 0) is 31.0 Å². The fourth-order valence-electron chi connectivity index (χ4n) is 3.28. The number of hydrogen-bond acceptors (Lipinski definition) is 6. The number of rotatable bonds is 4. The number of nitriles is 1. The van der Waals surface area contributed by atoms with Gasteiger partial charge in [-0.25, -0.2) is 9.97 Å². The molecule has 1 aliphatic heterocycles. The van der Waals surface area contributed by atoms with Gasteiger partial charge in [0, 0.05) is 46.3 Å². The molecule has 0 spiro atoms. The fourth-order valence-corrected chi connectivity index (χ4v) is 3.58. The molecule has 3 rings (SSSR count). The van der Waals surface area contributed by atoms with Gasteiger partial charge in [0.15, 0.2) is 0 Å². The van der Waals surface area contributed by atoms with Crippen molar-refractivity contribution in [2.45, 2.75) is 18.9 Å². The summed E-state index contributed by atoms with van der Waals surface area (Å²) in [6, 6.07) is 9.97. The molecule has 2 heterocycles. The van der Waals surface area contributed by atoms with E-state index in [2.05, 4.69) is 32.9 Å². The number of piperidine rings is 1. The van der Waals surface area contributed by atoms with Gasteiger partial charge in [0.1, 0.15) is 18.0 Å². The Kier molecular flexibility index (Phi) is 5.48. The first-order valence-corrected chi connectivity index (χ1v) is 9.04. The average Bonchev–Trinajstić information content (AvgIpc) is 2.67. The van der Waals surface area contributed by atoms with Crippen LogP contribution in [0.3, 0.4) is 0 Å². The van der Waals surface area contributed by atoms with Crippen LogP contribution in [0.5, 0.6) is 0 Å². The summed E-state index contributed by atoms with van der Waals surface area (Å²) in [5.41, 5.74) is 1.57. The molecule has 1 unspecified atom stereocenters. The summed E-state index contributed by atoms with van der Waals surface area (Å²) in [4.78, 5) is 15.2. The van der Waals surface area contributed by atoms with E-state index in [9.17, 15) is 0 Å². The summed E-state index contributed by atoms with van der Waals surface area (Å²) >= 11 is 6.41. The third kappa shape index (κ3) is 3.83. The lowest BCUT2D eigenvalue weighted by Gasteiger charge is -2.39. The zero-order chi connectivity index (χ0) is 18.7. The molecule has 0 radical (unpaired) electrons. The summed E-state index contributed by atoms with van der Waals surface area (Å²) in [7, 11) is 6.03. The predicted molar refractivity (Wildman–Crippen MR) is 106 cm³/mol. The Hall–Kier alpha value is -2.52. The molecule has 0 bridgehead atoms.